The third-order valence-electron chi connectivity index (χ3n) is 4.95. The molecule has 27 heavy (non-hydrogen) atoms. The predicted molar refractivity (Wildman–Crippen MR) is 104 cm³/mol. The summed E-state index contributed by atoms with van der Waals surface area (Å²) in [5, 5.41) is 7.78. The van der Waals surface area contributed by atoms with Crippen molar-refractivity contribution in [3.8, 4) is 0 Å². The van der Waals surface area contributed by atoms with Crippen LogP contribution < -0.4 is 5.32 Å². The second-order valence-electron chi connectivity index (χ2n) is 7.94. The van der Waals surface area contributed by atoms with Crippen molar-refractivity contribution in [3.05, 3.63) is 41.6 Å². The first-order valence-corrected chi connectivity index (χ1v) is 9.69. The Kier molecular flexibility index (Phi) is 6.34. The number of rotatable bonds is 8. The second kappa shape index (κ2) is 8.71. The first kappa shape index (κ1) is 19.6. The molecule has 148 valence electrons. The van der Waals surface area contributed by atoms with Gasteiger partial charge in [-0.15, -0.1) is 0 Å². The molecule has 0 bridgehead atoms. The first-order valence-electron chi connectivity index (χ1n) is 9.69. The quantitative estimate of drug-likeness (QED) is 0.767. The zero-order valence-corrected chi connectivity index (χ0v) is 16.8. The third kappa shape index (κ3) is 5.20. The molecule has 0 aromatic carbocycles. The van der Waals surface area contributed by atoms with Crippen molar-refractivity contribution in [2.24, 2.45) is 5.92 Å². The molecule has 2 aromatic rings. The van der Waals surface area contributed by atoms with Crippen molar-refractivity contribution < 1.29 is 9.21 Å². The number of nitrogens with zero attached hydrogens (tertiary/aromatic N) is 4. The van der Waals surface area contributed by atoms with Crippen LogP contribution in [0.4, 0.5) is 0 Å². The van der Waals surface area contributed by atoms with E-state index in [1.807, 2.05) is 13.0 Å². The Morgan fingerprint density at radius 3 is 2.85 bits per heavy atom. The molecule has 0 spiro atoms. The molecule has 1 aliphatic rings. The molecule has 0 saturated heterocycles. The average molecular weight is 374 g/mol. The zero-order valence-electron chi connectivity index (χ0n) is 16.8. The molecule has 1 N–H and O–H groups in total. The van der Waals surface area contributed by atoms with Crippen molar-refractivity contribution >= 4 is 5.91 Å². The lowest BCUT2D eigenvalue weighted by Gasteiger charge is -2.32. The molecule has 3 heterocycles. The Labute approximate surface area is 161 Å². The van der Waals surface area contributed by atoms with E-state index in [0.29, 0.717) is 5.92 Å². The molecule has 1 aliphatic heterocycles. The summed E-state index contributed by atoms with van der Waals surface area (Å²) in [6, 6.07) is 4.02. The molecule has 1 amide bonds. The summed E-state index contributed by atoms with van der Waals surface area (Å²) < 4.78 is 7.21. The molecule has 1 atom stereocenters. The monoisotopic (exact) mass is 373 g/mol. The van der Waals surface area contributed by atoms with Crippen LogP contribution in [0, 0.1) is 5.92 Å². The molecule has 0 radical (unpaired) electrons. The Morgan fingerprint density at radius 2 is 2.15 bits per heavy atom. The molecule has 7 nitrogen and oxygen atoms in total. The average Bonchev–Trinajstić information content (AvgIpc) is 3.27. The second-order valence-corrected chi connectivity index (χ2v) is 7.94. The van der Waals surface area contributed by atoms with Gasteiger partial charge in [0.25, 0.3) is 0 Å². The van der Waals surface area contributed by atoms with E-state index in [2.05, 4.69) is 46.8 Å². The van der Waals surface area contributed by atoms with Gasteiger partial charge in [-0.1, -0.05) is 13.8 Å². The lowest BCUT2D eigenvalue weighted by atomic mass is 10.2. The first-order chi connectivity index (χ1) is 12.9. The minimum absolute atomic E-state index is 0.108. The van der Waals surface area contributed by atoms with E-state index in [-0.39, 0.29) is 11.9 Å². The number of hydrogen-bond donors (Lipinski definition) is 1. The maximum atomic E-state index is 12.4. The predicted octanol–water partition coefficient (Wildman–Crippen LogP) is 2.08. The van der Waals surface area contributed by atoms with Crippen molar-refractivity contribution in [3.63, 3.8) is 0 Å². The smallest absolute Gasteiger partial charge is 0.237 e. The number of fused-ring (bicyclic) bond motifs is 1. The molecule has 2 aromatic heterocycles. The van der Waals surface area contributed by atoms with E-state index >= 15 is 0 Å². The number of hydrogen-bond acceptors (Lipinski definition) is 5. The van der Waals surface area contributed by atoms with Gasteiger partial charge in [0, 0.05) is 38.3 Å². The third-order valence-corrected chi connectivity index (χ3v) is 4.95. The highest BCUT2D eigenvalue weighted by atomic mass is 16.3. The van der Waals surface area contributed by atoms with Gasteiger partial charge in [0.2, 0.25) is 5.91 Å². The van der Waals surface area contributed by atoms with Gasteiger partial charge < -0.3 is 9.73 Å². The van der Waals surface area contributed by atoms with Gasteiger partial charge in [0.1, 0.15) is 0 Å². The van der Waals surface area contributed by atoms with Crippen LogP contribution in [0.3, 0.4) is 0 Å². The summed E-state index contributed by atoms with van der Waals surface area (Å²) in [6.07, 6.45) is 3.48. The maximum Gasteiger partial charge on any atom is 0.237 e. The fourth-order valence-corrected chi connectivity index (χ4v) is 3.40. The Morgan fingerprint density at radius 1 is 1.33 bits per heavy atom. The van der Waals surface area contributed by atoms with Gasteiger partial charge in [-0.25, -0.2) is 0 Å². The van der Waals surface area contributed by atoms with Crippen molar-refractivity contribution in [2.45, 2.75) is 53.0 Å². The van der Waals surface area contributed by atoms with E-state index in [1.54, 1.807) is 12.5 Å². The molecule has 0 fully saturated rings. The van der Waals surface area contributed by atoms with Crippen LogP contribution in [0.2, 0.25) is 0 Å². The van der Waals surface area contributed by atoms with Crippen LogP contribution >= 0.6 is 0 Å². The summed E-state index contributed by atoms with van der Waals surface area (Å²) in [7, 11) is 2.08. The molecule has 7 heteroatoms. The van der Waals surface area contributed by atoms with Crippen molar-refractivity contribution in [1.82, 2.24) is 24.9 Å². The number of aromatic nitrogens is 2. The lowest BCUT2D eigenvalue weighted by molar-refractivity contribution is -0.126. The normalized spacial score (nSPS) is 15.9. The van der Waals surface area contributed by atoms with Crippen LogP contribution in [0.15, 0.2) is 29.1 Å². The van der Waals surface area contributed by atoms with Gasteiger partial charge >= 0.3 is 0 Å². The molecule has 0 aliphatic carbocycles. The van der Waals surface area contributed by atoms with Crippen molar-refractivity contribution in [2.75, 3.05) is 20.1 Å². The number of carbonyl (C=O) groups excluding carboxylic acids is 1. The summed E-state index contributed by atoms with van der Waals surface area (Å²) in [4.78, 5) is 16.8. The minimum Gasteiger partial charge on any atom is -0.472 e. The van der Waals surface area contributed by atoms with Crippen LogP contribution in [0.25, 0.3) is 0 Å². The maximum absolute atomic E-state index is 12.4. The van der Waals surface area contributed by atoms with E-state index in [0.717, 1.165) is 50.5 Å². The van der Waals surface area contributed by atoms with Gasteiger partial charge in [-0.05, 0) is 32.0 Å². The molecular weight excluding hydrogens is 342 g/mol. The molecule has 0 unspecified atom stereocenters. The molecule has 3 rings (SSSR count). The van der Waals surface area contributed by atoms with E-state index < -0.39 is 0 Å². The molecular formula is C20H31N5O2. The summed E-state index contributed by atoms with van der Waals surface area (Å²) in [6.45, 7) is 11.0. The molecule has 0 saturated carbocycles. The number of amides is 1. The summed E-state index contributed by atoms with van der Waals surface area (Å²) in [5.74, 6) is 0.572. The highest BCUT2D eigenvalue weighted by Crippen LogP contribution is 2.17. The van der Waals surface area contributed by atoms with Gasteiger partial charge in [-0.3, -0.25) is 19.3 Å². The summed E-state index contributed by atoms with van der Waals surface area (Å²) >= 11 is 0. The van der Waals surface area contributed by atoms with Crippen LogP contribution in [-0.2, 0) is 31.0 Å². The number of carbonyl (C=O) groups is 1. The van der Waals surface area contributed by atoms with Crippen LogP contribution in [-0.4, -0.2) is 51.7 Å². The fraction of sp³-hybridized carbons (Fsp3) is 0.600. The standard InChI is InChI=1S/C20H31N5O2/c1-15(2)10-21-20(26)16(3)24-6-7-25-19(13-24)9-18(22-25)12-23(4)11-17-5-8-27-14-17/h5,8-9,14-16H,6-7,10-13H2,1-4H3,(H,21,26)/t16-/m1/s1. The highest BCUT2D eigenvalue weighted by molar-refractivity contribution is 5.81. The largest absolute Gasteiger partial charge is 0.472 e. The van der Waals surface area contributed by atoms with E-state index in [1.165, 1.54) is 5.69 Å². The Hall–Kier alpha value is -2.12. The summed E-state index contributed by atoms with van der Waals surface area (Å²) in [5.41, 5.74) is 3.40. The SMILES string of the molecule is CC(C)CNC(=O)[C@@H](C)N1CCn2nc(CN(C)Cc3ccoc3)cc2C1. The number of nitrogens with one attached hydrogen (secondary N) is 1. The minimum atomic E-state index is -0.125. The Bertz CT molecular complexity index is 738. The number of furan rings is 1. The van der Waals surface area contributed by atoms with Crippen LogP contribution in [0.1, 0.15) is 37.7 Å². The topological polar surface area (TPSA) is 66.5 Å². The van der Waals surface area contributed by atoms with Gasteiger partial charge in [-0.2, -0.15) is 5.10 Å². The zero-order chi connectivity index (χ0) is 19.4. The van der Waals surface area contributed by atoms with Crippen LogP contribution in [0.5, 0.6) is 0 Å². The lowest BCUT2D eigenvalue weighted by Crippen LogP contribution is -2.48. The fourth-order valence-electron chi connectivity index (χ4n) is 3.40. The highest BCUT2D eigenvalue weighted by Gasteiger charge is 2.26. The van der Waals surface area contributed by atoms with E-state index in [4.69, 9.17) is 9.52 Å². The van der Waals surface area contributed by atoms with E-state index in [9.17, 15) is 4.79 Å². The van der Waals surface area contributed by atoms with Gasteiger partial charge in [0.15, 0.2) is 0 Å². The van der Waals surface area contributed by atoms with Gasteiger partial charge in [0.05, 0.1) is 36.5 Å². The Balaban J connectivity index is 1.56. The van der Waals surface area contributed by atoms with Crippen molar-refractivity contribution in [1.29, 1.82) is 0 Å².